The first kappa shape index (κ1) is 10.3. The van der Waals surface area contributed by atoms with E-state index >= 15 is 0 Å². The van der Waals surface area contributed by atoms with E-state index in [0.717, 1.165) is 18.6 Å². The fourth-order valence-corrected chi connectivity index (χ4v) is 1.90. The first-order chi connectivity index (χ1) is 7.13. The highest BCUT2D eigenvalue weighted by atomic mass is 19.2. The highest BCUT2D eigenvalue weighted by molar-refractivity contribution is 5.58. The standard InChI is InChI=1S/C12H12F2O/c1-2-7-3-4-8-5-10(13)11(14)6-9(8)12(7)15/h3-7,12,15H,2H2,1H3/t7-,12-/m1/s1. The summed E-state index contributed by atoms with van der Waals surface area (Å²) in [6.07, 6.45) is 3.62. The van der Waals surface area contributed by atoms with E-state index in [1.54, 1.807) is 6.08 Å². The molecule has 1 nitrogen and oxygen atoms in total. The van der Waals surface area contributed by atoms with E-state index in [0.29, 0.717) is 11.1 Å². The van der Waals surface area contributed by atoms with Crippen molar-refractivity contribution in [2.75, 3.05) is 0 Å². The molecule has 0 aromatic heterocycles. The highest BCUT2D eigenvalue weighted by Gasteiger charge is 2.24. The van der Waals surface area contributed by atoms with Crippen molar-refractivity contribution in [2.24, 2.45) is 5.92 Å². The summed E-state index contributed by atoms with van der Waals surface area (Å²) >= 11 is 0. The lowest BCUT2D eigenvalue weighted by molar-refractivity contribution is 0.127. The first-order valence-electron chi connectivity index (χ1n) is 4.98. The second kappa shape index (κ2) is 3.74. The molecule has 0 spiro atoms. The minimum Gasteiger partial charge on any atom is -0.388 e. The average molecular weight is 210 g/mol. The Hall–Kier alpha value is -1.22. The van der Waals surface area contributed by atoms with Gasteiger partial charge in [0.1, 0.15) is 0 Å². The summed E-state index contributed by atoms with van der Waals surface area (Å²) in [5.74, 6) is -1.79. The van der Waals surface area contributed by atoms with Gasteiger partial charge in [-0.3, -0.25) is 0 Å². The predicted octanol–water partition coefficient (Wildman–Crippen LogP) is 3.05. The number of aliphatic hydroxyl groups is 1. The molecule has 0 aliphatic heterocycles. The zero-order valence-electron chi connectivity index (χ0n) is 8.37. The summed E-state index contributed by atoms with van der Waals surface area (Å²) in [4.78, 5) is 0. The molecular weight excluding hydrogens is 198 g/mol. The molecule has 0 bridgehead atoms. The Labute approximate surface area is 87.1 Å². The second-order valence-electron chi connectivity index (χ2n) is 3.77. The lowest BCUT2D eigenvalue weighted by atomic mass is 9.85. The van der Waals surface area contributed by atoms with Crippen LogP contribution in [0.15, 0.2) is 18.2 Å². The number of aliphatic hydroxyl groups excluding tert-OH is 1. The number of hydrogen-bond donors (Lipinski definition) is 1. The number of fused-ring (bicyclic) bond motifs is 1. The third-order valence-corrected chi connectivity index (χ3v) is 2.84. The predicted molar refractivity (Wildman–Crippen MR) is 54.1 cm³/mol. The minimum atomic E-state index is -0.905. The van der Waals surface area contributed by atoms with Gasteiger partial charge >= 0.3 is 0 Å². The fourth-order valence-electron chi connectivity index (χ4n) is 1.90. The third-order valence-electron chi connectivity index (χ3n) is 2.84. The summed E-state index contributed by atoms with van der Waals surface area (Å²) in [6, 6.07) is 2.21. The van der Waals surface area contributed by atoms with Crippen molar-refractivity contribution >= 4 is 6.08 Å². The van der Waals surface area contributed by atoms with Gasteiger partial charge in [-0.1, -0.05) is 19.1 Å². The zero-order valence-corrected chi connectivity index (χ0v) is 8.37. The molecule has 0 saturated carbocycles. The van der Waals surface area contributed by atoms with Crippen molar-refractivity contribution in [3.63, 3.8) is 0 Å². The van der Waals surface area contributed by atoms with Crippen molar-refractivity contribution in [3.05, 3.63) is 41.0 Å². The maximum absolute atomic E-state index is 13.0. The zero-order chi connectivity index (χ0) is 11.0. The van der Waals surface area contributed by atoms with Crippen molar-refractivity contribution < 1.29 is 13.9 Å². The van der Waals surface area contributed by atoms with Crippen LogP contribution in [0.25, 0.3) is 6.08 Å². The molecule has 0 amide bonds. The Morgan fingerprint density at radius 1 is 1.27 bits per heavy atom. The molecule has 1 aromatic rings. The Balaban J connectivity index is 2.50. The normalized spacial score (nSPS) is 24.0. The Morgan fingerprint density at radius 2 is 1.93 bits per heavy atom. The van der Waals surface area contributed by atoms with Crippen LogP contribution in [0, 0.1) is 17.6 Å². The molecule has 15 heavy (non-hydrogen) atoms. The third kappa shape index (κ3) is 1.67. The average Bonchev–Trinajstić information content (AvgIpc) is 2.22. The van der Waals surface area contributed by atoms with Gasteiger partial charge in [0.2, 0.25) is 0 Å². The minimum absolute atomic E-state index is 0.0117. The number of halogens is 2. The van der Waals surface area contributed by atoms with E-state index in [-0.39, 0.29) is 5.92 Å². The van der Waals surface area contributed by atoms with Crippen LogP contribution in [-0.4, -0.2) is 5.11 Å². The molecule has 0 fully saturated rings. The molecule has 0 unspecified atom stereocenters. The van der Waals surface area contributed by atoms with Crippen LogP contribution in [0.3, 0.4) is 0 Å². The molecule has 1 N–H and O–H groups in total. The van der Waals surface area contributed by atoms with Crippen LogP contribution in [0.1, 0.15) is 30.6 Å². The van der Waals surface area contributed by atoms with Crippen molar-refractivity contribution in [1.82, 2.24) is 0 Å². The van der Waals surface area contributed by atoms with Gasteiger partial charge in [-0.05, 0) is 29.7 Å². The topological polar surface area (TPSA) is 20.2 Å². The molecular formula is C12H12F2O. The van der Waals surface area contributed by atoms with Gasteiger partial charge in [-0.25, -0.2) is 8.78 Å². The Bertz CT molecular complexity index is 412. The van der Waals surface area contributed by atoms with E-state index in [4.69, 9.17) is 0 Å². The van der Waals surface area contributed by atoms with E-state index in [2.05, 4.69) is 0 Å². The molecule has 0 heterocycles. The van der Waals surface area contributed by atoms with Crippen LogP contribution in [-0.2, 0) is 0 Å². The van der Waals surface area contributed by atoms with Crippen LogP contribution in [0.5, 0.6) is 0 Å². The lowest BCUT2D eigenvalue weighted by Crippen LogP contribution is -2.14. The van der Waals surface area contributed by atoms with E-state index in [9.17, 15) is 13.9 Å². The van der Waals surface area contributed by atoms with E-state index < -0.39 is 17.7 Å². The molecule has 0 radical (unpaired) electrons. The molecule has 80 valence electrons. The van der Waals surface area contributed by atoms with Gasteiger partial charge in [0.15, 0.2) is 11.6 Å². The van der Waals surface area contributed by atoms with Crippen molar-refractivity contribution in [3.8, 4) is 0 Å². The maximum atomic E-state index is 13.0. The maximum Gasteiger partial charge on any atom is 0.159 e. The van der Waals surface area contributed by atoms with E-state index in [1.165, 1.54) is 0 Å². The summed E-state index contributed by atoms with van der Waals surface area (Å²) in [5.41, 5.74) is 1.04. The van der Waals surface area contributed by atoms with Crippen LogP contribution >= 0.6 is 0 Å². The number of hydrogen-bond acceptors (Lipinski definition) is 1. The lowest BCUT2D eigenvalue weighted by Gasteiger charge is -2.24. The van der Waals surface area contributed by atoms with Gasteiger partial charge < -0.3 is 5.11 Å². The summed E-state index contributed by atoms with van der Waals surface area (Å²) < 4.78 is 25.9. The van der Waals surface area contributed by atoms with Gasteiger partial charge in [0, 0.05) is 5.92 Å². The monoisotopic (exact) mass is 210 g/mol. The van der Waals surface area contributed by atoms with Crippen LogP contribution in [0.4, 0.5) is 8.78 Å². The van der Waals surface area contributed by atoms with Gasteiger partial charge in [-0.2, -0.15) is 0 Å². The quantitative estimate of drug-likeness (QED) is 0.755. The molecule has 1 aromatic carbocycles. The summed E-state index contributed by atoms with van der Waals surface area (Å²) in [7, 11) is 0. The van der Waals surface area contributed by atoms with Crippen LogP contribution < -0.4 is 0 Å². The van der Waals surface area contributed by atoms with Gasteiger partial charge in [0.25, 0.3) is 0 Å². The smallest absolute Gasteiger partial charge is 0.159 e. The van der Waals surface area contributed by atoms with E-state index in [1.807, 2.05) is 13.0 Å². The largest absolute Gasteiger partial charge is 0.388 e. The highest BCUT2D eigenvalue weighted by Crippen LogP contribution is 2.34. The summed E-state index contributed by atoms with van der Waals surface area (Å²) in [5, 5.41) is 9.90. The molecule has 1 aliphatic rings. The SMILES string of the molecule is CC[C@@H]1C=Cc2cc(F)c(F)cc2[C@@H]1O. The van der Waals surface area contributed by atoms with Crippen molar-refractivity contribution in [1.29, 1.82) is 0 Å². The second-order valence-corrected chi connectivity index (χ2v) is 3.77. The molecule has 3 heteroatoms. The molecule has 1 aliphatic carbocycles. The van der Waals surface area contributed by atoms with Crippen molar-refractivity contribution in [2.45, 2.75) is 19.4 Å². The number of rotatable bonds is 1. The molecule has 2 atom stereocenters. The summed E-state index contributed by atoms with van der Waals surface area (Å²) in [6.45, 7) is 1.95. The molecule has 2 rings (SSSR count). The fraction of sp³-hybridized carbons (Fsp3) is 0.333. The molecule has 0 saturated heterocycles. The Kier molecular flexibility index (Phi) is 2.57. The van der Waals surface area contributed by atoms with Gasteiger partial charge in [-0.15, -0.1) is 0 Å². The Morgan fingerprint density at radius 3 is 2.60 bits per heavy atom. The van der Waals surface area contributed by atoms with Crippen LogP contribution in [0.2, 0.25) is 0 Å². The first-order valence-corrected chi connectivity index (χ1v) is 4.98. The number of benzene rings is 1. The van der Waals surface area contributed by atoms with Gasteiger partial charge in [0.05, 0.1) is 6.10 Å².